The van der Waals surface area contributed by atoms with Crippen molar-refractivity contribution >= 4 is 0 Å². The molecule has 1 heterocycles. The molecule has 0 spiro atoms. The van der Waals surface area contributed by atoms with Gasteiger partial charge in [-0.3, -0.25) is 4.68 Å². The molecule has 1 atom stereocenters. The van der Waals surface area contributed by atoms with Gasteiger partial charge in [-0.25, -0.2) is 0 Å². The van der Waals surface area contributed by atoms with Crippen LogP contribution in [0.25, 0.3) is 0 Å². The molecule has 1 saturated carbocycles. The minimum Gasteiger partial charge on any atom is -0.396 e. The fourth-order valence-corrected chi connectivity index (χ4v) is 2.84. The maximum atomic E-state index is 9.62. The maximum Gasteiger partial charge on any atom is 0.0494 e. The van der Waals surface area contributed by atoms with Crippen molar-refractivity contribution in [2.45, 2.75) is 38.6 Å². The molecule has 0 saturated heterocycles. The van der Waals surface area contributed by atoms with Gasteiger partial charge in [-0.15, -0.1) is 0 Å². The van der Waals surface area contributed by atoms with E-state index in [1.165, 1.54) is 12.1 Å². The molecule has 1 aromatic heterocycles. The highest BCUT2D eigenvalue weighted by Crippen LogP contribution is 2.50. The number of aryl methyl sites for hydroxylation is 1. The molecule has 0 radical (unpaired) electrons. The Labute approximate surface area is 96.5 Å². The van der Waals surface area contributed by atoms with E-state index in [2.05, 4.69) is 12.0 Å². The van der Waals surface area contributed by atoms with Crippen molar-refractivity contribution in [3.63, 3.8) is 0 Å². The molecule has 1 aromatic rings. The molecule has 0 bridgehead atoms. The Balaban J connectivity index is 2.28. The van der Waals surface area contributed by atoms with Crippen LogP contribution in [0.2, 0.25) is 0 Å². The average molecular weight is 223 g/mol. The van der Waals surface area contributed by atoms with Gasteiger partial charge in [0.05, 0.1) is 0 Å². The van der Waals surface area contributed by atoms with E-state index in [4.69, 9.17) is 5.73 Å². The third-order valence-corrected chi connectivity index (χ3v) is 4.05. The van der Waals surface area contributed by atoms with Gasteiger partial charge in [0, 0.05) is 42.9 Å². The smallest absolute Gasteiger partial charge is 0.0494 e. The summed E-state index contributed by atoms with van der Waals surface area (Å²) in [5, 5.41) is 13.9. The van der Waals surface area contributed by atoms with E-state index in [0.717, 1.165) is 19.4 Å². The number of nitrogens with two attached hydrogens (primary N) is 1. The first kappa shape index (κ1) is 11.6. The Bertz CT molecular complexity index is 338. The third kappa shape index (κ3) is 1.66. The fraction of sp³-hybridized carbons (Fsp3) is 0.750. The maximum absolute atomic E-state index is 9.62. The van der Waals surface area contributed by atoms with Gasteiger partial charge in [0.1, 0.15) is 0 Å². The van der Waals surface area contributed by atoms with Gasteiger partial charge in [0.25, 0.3) is 0 Å². The summed E-state index contributed by atoms with van der Waals surface area (Å²) in [6.45, 7) is 3.77. The monoisotopic (exact) mass is 223 g/mol. The lowest BCUT2D eigenvalue weighted by atomic mass is 9.60. The second-order valence-electron chi connectivity index (χ2n) is 4.73. The van der Waals surface area contributed by atoms with Crippen molar-refractivity contribution in [1.82, 2.24) is 9.78 Å². The van der Waals surface area contributed by atoms with Gasteiger partial charge in [-0.2, -0.15) is 5.10 Å². The summed E-state index contributed by atoms with van der Waals surface area (Å²) in [7, 11) is 0. The first-order valence-corrected chi connectivity index (χ1v) is 6.10. The number of aliphatic hydroxyl groups is 1. The van der Waals surface area contributed by atoms with Crippen LogP contribution < -0.4 is 5.73 Å². The Kier molecular flexibility index (Phi) is 3.30. The van der Waals surface area contributed by atoms with E-state index >= 15 is 0 Å². The second-order valence-corrected chi connectivity index (χ2v) is 4.73. The molecule has 0 aromatic carbocycles. The number of aliphatic hydroxyl groups excluding tert-OH is 1. The highest BCUT2D eigenvalue weighted by Gasteiger charge is 2.44. The van der Waals surface area contributed by atoms with Crippen molar-refractivity contribution in [2.24, 2.45) is 11.1 Å². The van der Waals surface area contributed by atoms with E-state index in [9.17, 15) is 5.11 Å². The van der Waals surface area contributed by atoms with Crippen LogP contribution >= 0.6 is 0 Å². The summed E-state index contributed by atoms with van der Waals surface area (Å²) in [6.07, 6.45) is 5.20. The van der Waals surface area contributed by atoms with Crippen molar-refractivity contribution in [1.29, 1.82) is 0 Å². The van der Waals surface area contributed by atoms with E-state index < -0.39 is 0 Å². The molecule has 0 aliphatic heterocycles. The van der Waals surface area contributed by atoms with E-state index in [0.29, 0.717) is 6.54 Å². The molecule has 4 nitrogen and oxygen atoms in total. The molecule has 0 amide bonds. The van der Waals surface area contributed by atoms with Crippen LogP contribution in [-0.2, 0) is 6.54 Å². The summed E-state index contributed by atoms with van der Waals surface area (Å²) < 4.78 is 1.99. The Hall–Kier alpha value is -0.870. The molecule has 3 N–H and O–H groups in total. The zero-order valence-corrected chi connectivity index (χ0v) is 9.89. The van der Waals surface area contributed by atoms with Crippen molar-refractivity contribution in [3.8, 4) is 0 Å². The summed E-state index contributed by atoms with van der Waals surface area (Å²) in [5.74, 6) is 0.244. The highest BCUT2D eigenvalue weighted by molar-refractivity contribution is 5.16. The van der Waals surface area contributed by atoms with Crippen LogP contribution in [0.15, 0.2) is 12.3 Å². The number of rotatable bonds is 5. The molecule has 0 unspecified atom stereocenters. The quantitative estimate of drug-likeness (QED) is 0.786. The Morgan fingerprint density at radius 1 is 1.62 bits per heavy atom. The highest BCUT2D eigenvalue weighted by atomic mass is 16.3. The van der Waals surface area contributed by atoms with Gasteiger partial charge in [0.2, 0.25) is 0 Å². The van der Waals surface area contributed by atoms with Gasteiger partial charge < -0.3 is 10.8 Å². The van der Waals surface area contributed by atoms with Crippen molar-refractivity contribution in [2.75, 3.05) is 13.2 Å². The average Bonchev–Trinajstić information content (AvgIpc) is 2.70. The topological polar surface area (TPSA) is 64.1 Å². The van der Waals surface area contributed by atoms with Crippen LogP contribution in [0.5, 0.6) is 0 Å². The Morgan fingerprint density at radius 2 is 2.38 bits per heavy atom. The number of hydrogen-bond acceptors (Lipinski definition) is 3. The number of nitrogens with zero attached hydrogens (tertiary/aromatic N) is 2. The minimum atomic E-state index is 0.0156. The zero-order chi connectivity index (χ0) is 11.6. The predicted molar refractivity (Wildman–Crippen MR) is 63.1 cm³/mol. The van der Waals surface area contributed by atoms with Crippen LogP contribution in [0.4, 0.5) is 0 Å². The van der Waals surface area contributed by atoms with E-state index in [1.807, 2.05) is 16.9 Å². The van der Waals surface area contributed by atoms with Crippen LogP contribution in [0, 0.1) is 5.41 Å². The van der Waals surface area contributed by atoms with E-state index in [-0.39, 0.29) is 17.9 Å². The molecular formula is C12H21N3O. The summed E-state index contributed by atoms with van der Waals surface area (Å²) in [6, 6.07) is 2.04. The Morgan fingerprint density at radius 3 is 2.81 bits per heavy atom. The largest absolute Gasteiger partial charge is 0.396 e. The van der Waals surface area contributed by atoms with E-state index in [1.54, 1.807) is 0 Å². The standard InChI is InChI=1S/C12H21N3O/c1-2-15-11(4-7-14-15)10(8-13)12(9-16)5-3-6-12/h4,7,10,16H,2-3,5-6,8-9,13H2,1H3/t10-/m1/s1. The molecule has 16 heavy (non-hydrogen) atoms. The minimum absolute atomic E-state index is 0.0156. The van der Waals surface area contributed by atoms with Gasteiger partial charge in [-0.05, 0) is 25.8 Å². The molecule has 90 valence electrons. The van der Waals surface area contributed by atoms with Crippen molar-refractivity contribution in [3.05, 3.63) is 18.0 Å². The summed E-state index contributed by atoms with van der Waals surface area (Å²) in [4.78, 5) is 0. The second kappa shape index (κ2) is 4.55. The van der Waals surface area contributed by atoms with Crippen LogP contribution in [0.3, 0.4) is 0 Å². The van der Waals surface area contributed by atoms with Crippen LogP contribution in [0.1, 0.15) is 37.8 Å². The lowest BCUT2D eigenvalue weighted by molar-refractivity contribution is 0.0166. The van der Waals surface area contributed by atoms with Gasteiger partial charge >= 0.3 is 0 Å². The molecule has 1 fully saturated rings. The third-order valence-electron chi connectivity index (χ3n) is 4.05. The first-order valence-electron chi connectivity index (χ1n) is 6.10. The normalized spacial score (nSPS) is 20.4. The number of hydrogen-bond donors (Lipinski definition) is 2. The lowest BCUT2D eigenvalue weighted by Crippen LogP contribution is -2.43. The molecule has 4 heteroatoms. The fourth-order valence-electron chi connectivity index (χ4n) is 2.84. The van der Waals surface area contributed by atoms with Crippen LogP contribution in [-0.4, -0.2) is 28.0 Å². The predicted octanol–water partition coefficient (Wildman–Crippen LogP) is 1.11. The summed E-state index contributed by atoms with van der Waals surface area (Å²) in [5.41, 5.74) is 7.10. The number of aromatic nitrogens is 2. The zero-order valence-electron chi connectivity index (χ0n) is 9.89. The van der Waals surface area contributed by atoms with Crippen molar-refractivity contribution < 1.29 is 5.11 Å². The lowest BCUT2D eigenvalue weighted by Gasteiger charge is -2.46. The molecule has 1 aliphatic carbocycles. The molecular weight excluding hydrogens is 202 g/mol. The first-order chi connectivity index (χ1) is 7.77. The van der Waals surface area contributed by atoms with Gasteiger partial charge in [0.15, 0.2) is 0 Å². The molecule has 1 aliphatic rings. The SMILES string of the molecule is CCn1nccc1[C@@H](CN)C1(CO)CCC1. The van der Waals surface area contributed by atoms with Gasteiger partial charge in [-0.1, -0.05) is 6.42 Å². The summed E-state index contributed by atoms with van der Waals surface area (Å²) >= 11 is 0. The molecule has 2 rings (SSSR count).